The summed E-state index contributed by atoms with van der Waals surface area (Å²) in [5, 5.41) is 19.3. The topological polar surface area (TPSA) is 136 Å². The van der Waals surface area contributed by atoms with Gasteiger partial charge in [-0.05, 0) is 75.7 Å². The lowest BCUT2D eigenvalue weighted by molar-refractivity contribution is -0.143. The first kappa shape index (κ1) is 36.6. The Kier molecular flexibility index (Phi) is 9.52. The van der Waals surface area contributed by atoms with E-state index in [2.05, 4.69) is 20.7 Å². The van der Waals surface area contributed by atoms with Crippen LogP contribution in [0, 0.1) is 18.3 Å². The molecule has 0 bridgehead atoms. The second-order valence-electron chi connectivity index (χ2n) is 12.4. The summed E-state index contributed by atoms with van der Waals surface area (Å²) in [6.45, 7) is 6.22. The van der Waals surface area contributed by atoms with E-state index >= 15 is 0 Å². The largest absolute Gasteiger partial charge is 0.416 e. The lowest BCUT2D eigenvalue weighted by atomic mass is 10.0. The molecule has 0 radical (unpaired) electrons. The predicted octanol–water partition coefficient (Wildman–Crippen LogP) is 7.37. The summed E-state index contributed by atoms with van der Waals surface area (Å²) in [6, 6.07) is 8.65. The molecule has 1 fully saturated rings. The van der Waals surface area contributed by atoms with Crippen molar-refractivity contribution in [2.24, 2.45) is 0 Å². The number of benzene rings is 2. The average molecular weight is 733 g/mol. The lowest BCUT2D eigenvalue weighted by Gasteiger charge is -2.22. The smallest absolute Gasteiger partial charge is 0.347 e. The van der Waals surface area contributed by atoms with Gasteiger partial charge >= 0.3 is 18.4 Å². The van der Waals surface area contributed by atoms with Crippen molar-refractivity contribution in [3.05, 3.63) is 93.3 Å². The number of pyridine rings is 1. The van der Waals surface area contributed by atoms with Crippen molar-refractivity contribution in [3.8, 4) is 11.9 Å². The lowest BCUT2D eigenvalue weighted by Crippen LogP contribution is -2.41. The van der Waals surface area contributed by atoms with Gasteiger partial charge in [0.05, 0.1) is 39.0 Å². The van der Waals surface area contributed by atoms with Crippen molar-refractivity contribution in [2.75, 3.05) is 28.2 Å². The van der Waals surface area contributed by atoms with Gasteiger partial charge in [0.15, 0.2) is 11.6 Å². The fourth-order valence-electron chi connectivity index (χ4n) is 5.22. The molecule has 4 amide bonds. The molecule has 0 atom stereocenters. The van der Waals surface area contributed by atoms with Crippen LogP contribution in [0.2, 0.25) is 5.02 Å². The first-order chi connectivity index (χ1) is 23.7. The van der Waals surface area contributed by atoms with Crippen molar-refractivity contribution in [1.82, 2.24) is 20.1 Å². The molecule has 1 aliphatic rings. The van der Waals surface area contributed by atoms with Crippen molar-refractivity contribution in [1.29, 1.82) is 5.26 Å². The predicted molar refractivity (Wildman–Crippen MR) is 174 cm³/mol. The number of alkyl halides is 6. The highest BCUT2D eigenvalue weighted by atomic mass is 35.5. The van der Waals surface area contributed by atoms with E-state index in [-0.39, 0.29) is 58.3 Å². The number of amides is 4. The van der Waals surface area contributed by atoms with Gasteiger partial charge in [-0.1, -0.05) is 11.6 Å². The molecule has 11 nitrogen and oxygen atoms in total. The van der Waals surface area contributed by atoms with Crippen LogP contribution in [0.1, 0.15) is 63.9 Å². The number of rotatable bonds is 6. The average Bonchev–Trinajstić information content (AvgIpc) is 3.64. The molecule has 18 heteroatoms. The number of nitriles is 1. The van der Waals surface area contributed by atoms with Crippen LogP contribution in [0.5, 0.6) is 0 Å². The van der Waals surface area contributed by atoms with Gasteiger partial charge in [-0.2, -0.15) is 31.6 Å². The number of urea groups is 1. The van der Waals surface area contributed by atoms with Crippen LogP contribution in [0.15, 0.2) is 54.7 Å². The van der Waals surface area contributed by atoms with Gasteiger partial charge < -0.3 is 10.6 Å². The van der Waals surface area contributed by atoms with Crippen LogP contribution in [-0.2, 0) is 12.4 Å². The minimum Gasteiger partial charge on any atom is -0.347 e. The molecule has 3 heterocycles. The van der Waals surface area contributed by atoms with Crippen LogP contribution in [0.25, 0.3) is 5.82 Å². The number of halogens is 7. The number of anilines is 3. The zero-order valence-corrected chi connectivity index (χ0v) is 27.9. The third-order valence-electron chi connectivity index (χ3n) is 7.47. The summed E-state index contributed by atoms with van der Waals surface area (Å²) in [7, 11) is 0. The number of aryl methyl sites for hydroxylation is 1. The highest BCUT2D eigenvalue weighted by Crippen LogP contribution is 2.39. The van der Waals surface area contributed by atoms with E-state index in [1.807, 2.05) is 6.07 Å². The Bertz CT molecular complexity index is 2070. The van der Waals surface area contributed by atoms with Crippen molar-refractivity contribution in [3.63, 3.8) is 0 Å². The molecule has 5 rings (SSSR count). The van der Waals surface area contributed by atoms with Crippen LogP contribution in [0.3, 0.4) is 0 Å². The second-order valence-corrected chi connectivity index (χ2v) is 12.9. The standard InChI is InChI=1S/C33H27ClF6N8O3/c1-17-10-18(16-41)11-22(28(49)44-31(2,3)4)26(17)43-29(50)24-15-25(45-48(24)27-23(34)6-5-7-42-27)47-9-8-46(30(47)51)21-13-19(32(35,36)37)12-20(14-21)33(38,39)40/h5-7,10-15H,8-9H2,1-4H3,(H,43,50)(H,44,49). The summed E-state index contributed by atoms with van der Waals surface area (Å²) in [5.41, 5.74) is -4.26. The first-order valence-corrected chi connectivity index (χ1v) is 15.3. The minimum absolute atomic E-state index is 0.0262. The maximum Gasteiger partial charge on any atom is 0.416 e. The molecule has 0 aliphatic carbocycles. The van der Waals surface area contributed by atoms with Crippen molar-refractivity contribution in [2.45, 2.75) is 45.6 Å². The Morgan fingerprint density at radius 1 is 0.922 bits per heavy atom. The molecule has 0 saturated carbocycles. The van der Waals surface area contributed by atoms with E-state index in [9.17, 15) is 46.0 Å². The fraction of sp³-hybridized carbons (Fsp3) is 0.273. The molecule has 2 N–H and O–H groups in total. The van der Waals surface area contributed by atoms with E-state index in [0.29, 0.717) is 17.7 Å². The number of hydrogen-bond acceptors (Lipinski definition) is 6. The molecule has 266 valence electrons. The van der Waals surface area contributed by atoms with Gasteiger partial charge in [-0.15, -0.1) is 5.10 Å². The SMILES string of the molecule is Cc1cc(C#N)cc(C(=O)NC(C)(C)C)c1NC(=O)c1cc(N2CCN(c3cc(C(F)(F)F)cc(C(F)(F)F)c3)C2=O)nn1-c1ncccc1Cl. The van der Waals surface area contributed by atoms with Gasteiger partial charge in [-0.25, -0.2) is 14.5 Å². The Balaban J connectivity index is 1.56. The van der Waals surface area contributed by atoms with Crippen molar-refractivity contribution >= 4 is 46.6 Å². The van der Waals surface area contributed by atoms with Gasteiger partial charge in [0.1, 0.15) is 5.69 Å². The van der Waals surface area contributed by atoms with Gasteiger partial charge in [-0.3, -0.25) is 19.4 Å². The first-order valence-electron chi connectivity index (χ1n) is 15.0. The maximum atomic E-state index is 14.0. The summed E-state index contributed by atoms with van der Waals surface area (Å²) in [6.07, 6.45) is -8.93. The van der Waals surface area contributed by atoms with Crippen LogP contribution < -0.4 is 20.4 Å². The highest BCUT2D eigenvalue weighted by Gasteiger charge is 2.40. The molecule has 2 aromatic heterocycles. The van der Waals surface area contributed by atoms with E-state index < -0.39 is 52.6 Å². The molecule has 0 spiro atoms. The molecule has 4 aromatic rings. The van der Waals surface area contributed by atoms with Crippen LogP contribution in [0.4, 0.5) is 48.3 Å². The third-order valence-corrected chi connectivity index (χ3v) is 7.77. The molecule has 2 aromatic carbocycles. The summed E-state index contributed by atoms with van der Waals surface area (Å²) in [5.74, 6) is -1.73. The van der Waals surface area contributed by atoms with Crippen LogP contribution in [-0.4, -0.2) is 51.2 Å². The number of nitrogens with one attached hydrogen (secondary N) is 2. The van der Waals surface area contributed by atoms with Crippen LogP contribution >= 0.6 is 11.6 Å². The van der Waals surface area contributed by atoms with E-state index in [1.54, 1.807) is 27.7 Å². The zero-order chi connectivity index (χ0) is 37.6. The summed E-state index contributed by atoms with van der Waals surface area (Å²) >= 11 is 6.38. The van der Waals surface area contributed by atoms with Gasteiger partial charge in [0.2, 0.25) is 0 Å². The normalized spacial score (nSPS) is 13.7. The number of carbonyl (C=O) groups excluding carboxylic acids is 3. The van der Waals surface area contributed by atoms with E-state index in [4.69, 9.17) is 11.6 Å². The monoisotopic (exact) mass is 732 g/mol. The number of aromatic nitrogens is 3. The van der Waals surface area contributed by atoms with E-state index in [1.165, 1.54) is 30.5 Å². The van der Waals surface area contributed by atoms with E-state index in [0.717, 1.165) is 20.5 Å². The summed E-state index contributed by atoms with van der Waals surface area (Å²) in [4.78, 5) is 46.7. The third kappa shape index (κ3) is 7.75. The zero-order valence-electron chi connectivity index (χ0n) is 27.2. The molecule has 1 aliphatic heterocycles. The Hall–Kier alpha value is -5.63. The quantitative estimate of drug-likeness (QED) is 0.199. The number of nitrogens with zero attached hydrogens (tertiary/aromatic N) is 6. The molecule has 51 heavy (non-hydrogen) atoms. The molecule has 0 unspecified atom stereocenters. The Morgan fingerprint density at radius 3 is 2.12 bits per heavy atom. The Labute approximate surface area is 291 Å². The number of carbonyl (C=O) groups is 3. The van der Waals surface area contributed by atoms with Gasteiger partial charge in [0.25, 0.3) is 11.8 Å². The fourth-order valence-corrected chi connectivity index (χ4v) is 5.42. The molecular formula is C33H27ClF6N8O3. The highest BCUT2D eigenvalue weighted by molar-refractivity contribution is 6.32. The van der Waals surface area contributed by atoms with Crippen molar-refractivity contribution < 1.29 is 40.7 Å². The molecule has 1 saturated heterocycles. The van der Waals surface area contributed by atoms with Gasteiger partial charge in [0, 0.05) is 36.6 Å². The minimum atomic E-state index is -5.14. The summed E-state index contributed by atoms with van der Waals surface area (Å²) < 4.78 is 82.3. The molecular weight excluding hydrogens is 706 g/mol. The second kappa shape index (κ2) is 13.2. The maximum absolute atomic E-state index is 14.0. The number of hydrogen-bond donors (Lipinski definition) is 2. The Morgan fingerprint density at radius 2 is 1.55 bits per heavy atom.